The van der Waals surface area contributed by atoms with Crippen LogP contribution in [0.1, 0.15) is 57.7 Å². The molecule has 2 unspecified atom stereocenters. The van der Waals surface area contributed by atoms with Gasteiger partial charge in [0.25, 0.3) is 0 Å². The van der Waals surface area contributed by atoms with E-state index in [0.717, 1.165) is 31.6 Å². The van der Waals surface area contributed by atoms with Gasteiger partial charge < -0.3 is 15.3 Å². The summed E-state index contributed by atoms with van der Waals surface area (Å²) in [5.74, 6) is 0.174. The van der Waals surface area contributed by atoms with E-state index >= 15 is 0 Å². The quantitative estimate of drug-likeness (QED) is 0.611. The van der Waals surface area contributed by atoms with Gasteiger partial charge in [0.15, 0.2) is 0 Å². The molecule has 30 heavy (non-hydrogen) atoms. The highest BCUT2D eigenvalue weighted by molar-refractivity contribution is 7.13. The van der Waals surface area contributed by atoms with Crippen molar-refractivity contribution in [2.45, 2.75) is 72.1 Å². The third kappa shape index (κ3) is 6.37. The monoisotopic (exact) mass is 429 g/mol. The maximum atomic E-state index is 12.6. The van der Waals surface area contributed by atoms with Crippen LogP contribution in [0.15, 0.2) is 29.8 Å². The standard InChI is InChI=1S/C24H35N3O2S/c1-17-23(30-16-26-17)19-9-7-18(8-10-19)14-25-11-5-6-20-12-21(28)15-27(20)22(29)13-24(2,3)4/h7-10,16,20-21,25,28H,5-6,11-15H2,1-4H3. The molecule has 0 saturated carbocycles. The van der Waals surface area contributed by atoms with Crippen molar-refractivity contribution in [3.8, 4) is 10.4 Å². The first-order valence-corrected chi connectivity index (χ1v) is 11.8. The molecular formula is C24H35N3O2S. The largest absolute Gasteiger partial charge is 0.391 e. The second-order valence-corrected chi connectivity index (χ2v) is 10.5. The van der Waals surface area contributed by atoms with E-state index in [1.165, 1.54) is 16.0 Å². The summed E-state index contributed by atoms with van der Waals surface area (Å²) >= 11 is 1.68. The van der Waals surface area contributed by atoms with Crippen molar-refractivity contribution >= 4 is 17.2 Å². The molecule has 6 heteroatoms. The minimum absolute atomic E-state index is 0.0228. The molecule has 3 rings (SSSR count). The number of aliphatic hydroxyl groups is 1. The number of nitrogens with zero attached hydrogens (tertiary/aromatic N) is 2. The van der Waals surface area contributed by atoms with E-state index in [4.69, 9.17) is 0 Å². The Labute approximate surface area is 184 Å². The van der Waals surface area contributed by atoms with Gasteiger partial charge >= 0.3 is 0 Å². The summed E-state index contributed by atoms with van der Waals surface area (Å²) in [7, 11) is 0. The van der Waals surface area contributed by atoms with Crippen molar-refractivity contribution in [1.82, 2.24) is 15.2 Å². The van der Waals surface area contributed by atoms with Crippen LogP contribution in [0.25, 0.3) is 10.4 Å². The summed E-state index contributed by atoms with van der Waals surface area (Å²) in [5.41, 5.74) is 5.43. The highest BCUT2D eigenvalue weighted by Gasteiger charge is 2.34. The van der Waals surface area contributed by atoms with Gasteiger partial charge in [-0.2, -0.15) is 0 Å². The molecule has 1 aromatic carbocycles. The number of β-amino-alcohol motifs (C(OH)–C–C–N with tert-alkyl or cyclic N) is 1. The number of aliphatic hydroxyl groups excluding tert-OH is 1. The van der Waals surface area contributed by atoms with E-state index in [9.17, 15) is 9.90 Å². The maximum Gasteiger partial charge on any atom is 0.223 e. The second kappa shape index (κ2) is 10.0. The van der Waals surface area contributed by atoms with E-state index in [1.54, 1.807) is 11.3 Å². The number of aromatic nitrogens is 1. The predicted octanol–water partition coefficient (Wildman–Crippen LogP) is 4.39. The molecule has 0 spiro atoms. The van der Waals surface area contributed by atoms with Crippen molar-refractivity contribution in [1.29, 1.82) is 0 Å². The van der Waals surface area contributed by atoms with Crippen LogP contribution in [0.4, 0.5) is 0 Å². The zero-order valence-electron chi connectivity index (χ0n) is 18.6. The number of benzene rings is 1. The molecule has 1 saturated heterocycles. The van der Waals surface area contributed by atoms with Crippen LogP contribution < -0.4 is 5.32 Å². The van der Waals surface area contributed by atoms with Crippen LogP contribution >= 0.6 is 11.3 Å². The Morgan fingerprint density at radius 2 is 2.03 bits per heavy atom. The number of hydrogen-bond donors (Lipinski definition) is 2. The van der Waals surface area contributed by atoms with E-state index in [-0.39, 0.29) is 23.5 Å². The average molecular weight is 430 g/mol. The van der Waals surface area contributed by atoms with Crippen molar-refractivity contribution in [3.63, 3.8) is 0 Å². The SMILES string of the molecule is Cc1ncsc1-c1ccc(CNCCCC2CC(O)CN2C(=O)CC(C)(C)C)cc1. The summed E-state index contributed by atoms with van der Waals surface area (Å²) in [5, 5.41) is 13.6. The van der Waals surface area contributed by atoms with Gasteiger partial charge in [-0.15, -0.1) is 11.3 Å². The van der Waals surface area contributed by atoms with Gasteiger partial charge in [0.1, 0.15) is 0 Å². The molecular weight excluding hydrogens is 394 g/mol. The van der Waals surface area contributed by atoms with Crippen LogP contribution in [0.3, 0.4) is 0 Å². The lowest BCUT2D eigenvalue weighted by Gasteiger charge is -2.28. The van der Waals surface area contributed by atoms with Crippen LogP contribution in [-0.4, -0.2) is 46.1 Å². The first-order valence-electron chi connectivity index (χ1n) is 10.9. The fourth-order valence-electron chi connectivity index (χ4n) is 4.07. The van der Waals surface area contributed by atoms with Gasteiger partial charge in [0.05, 0.1) is 22.2 Å². The lowest BCUT2D eigenvalue weighted by atomic mass is 9.91. The Morgan fingerprint density at radius 1 is 1.30 bits per heavy atom. The molecule has 1 aromatic heterocycles. The molecule has 2 aromatic rings. The molecule has 1 amide bonds. The minimum Gasteiger partial charge on any atom is -0.391 e. The zero-order chi connectivity index (χ0) is 21.7. The predicted molar refractivity (Wildman–Crippen MR) is 123 cm³/mol. The third-order valence-corrected chi connectivity index (χ3v) is 6.55. The minimum atomic E-state index is -0.382. The molecule has 2 atom stereocenters. The highest BCUT2D eigenvalue weighted by Crippen LogP contribution is 2.28. The van der Waals surface area contributed by atoms with Gasteiger partial charge in [-0.1, -0.05) is 45.0 Å². The summed E-state index contributed by atoms with van der Waals surface area (Å²) < 4.78 is 0. The number of carbonyl (C=O) groups excluding carboxylic acids is 1. The van der Waals surface area contributed by atoms with E-state index < -0.39 is 0 Å². The summed E-state index contributed by atoms with van der Waals surface area (Å²) in [4.78, 5) is 20.1. The number of nitrogens with one attached hydrogen (secondary N) is 1. The number of aryl methyl sites for hydroxylation is 1. The fraction of sp³-hybridized carbons (Fsp3) is 0.583. The number of rotatable bonds is 8. The first-order chi connectivity index (χ1) is 14.2. The molecule has 0 radical (unpaired) electrons. The average Bonchev–Trinajstić information content (AvgIpc) is 3.26. The molecule has 2 N–H and O–H groups in total. The first kappa shape index (κ1) is 22.9. The topological polar surface area (TPSA) is 65.5 Å². The number of amides is 1. The molecule has 1 fully saturated rings. The van der Waals surface area contributed by atoms with Gasteiger partial charge in [0.2, 0.25) is 5.91 Å². The number of hydrogen-bond acceptors (Lipinski definition) is 5. The molecule has 5 nitrogen and oxygen atoms in total. The van der Waals surface area contributed by atoms with Crippen LogP contribution in [0.5, 0.6) is 0 Å². The Bertz CT molecular complexity index is 826. The fourth-order valence-corrected chi connectivity index (χ4v) is 4.89. The second-order valence-electron chi connectivity index (χ2n) is 9.61. The maximum absolute atomic E-state index is 12.6. The van der Waals surface area contributed by atoms with Gasteiger partial charge in [0, 0.05) is 25.6 Å². The van der Waals surface area contributed by atoms with Crippen molar-refractivity contribution in [2.75, 3.05) is 13.1 Å². The van der Waals surface area contributed by atoms with Gasteiger partial charge in [-0.05, 0) is 49.3 Å². The van der Waals surface area contributed by atoms with Crippen LogP contribution in [0.2, 0.25) is 0 Å². The zero-order valence-corrected chi connectivity index (χ0v) is 19.5. The van der Waals surface area contributed by atoms with Crippen molar-refractivity contribution in [3.05, 3.63) is 41.0 Å². The molecule has 0 aliphatic carbocycles. The van der Waals surface area contributed by atoms with Crippen LogP contribution in [-0.2, 0) is 11.3 Å². The summed E-state index contributed by atoms with van der Waals surface area (Å²) in [6, 6.07) is 8.83. The molecule has 0 bridgehead atoms. The Balaban J connectivity index is 1.41. The summed E-state index contributed by atoms with van der Waals surface area (Å²) in [6.07, 6.45) is 2.78. The van der Waals surface area contributed by atoms with E-state index in [1.807, 2.05) is 17.3 Å². The number of carbonyl (C=O) groups is 1. The third-order valence-electron chi connectivity index (χ3n) is 5.58. The van der Waals surface area contributed by atoms with E-state index in [2.05, 4.69) is 55.3 Å². The Kier molecular flexibility index (Phi) is 7.66. The smallest absolute Gasteiger partial charge is 0.223 e. The lowest BCUT2D eigenvalue weighted by Crippen LogP contribution is -2.38. The van der Waals surface area contributed by atoms with Crippen molar-refractivity contribution in [2.24, 2.45) is 5.41 Å². The van der Waals surface area contributed by atoms with Crippen LogP contribution in [0, 0.1) is 12.3 Å². The van der Waals surface area contributed by atoms with E-state index in [0.29, 0.717) is 19.4 Å². The molecule has 1 aliphatic rings. The number of thiazole rings is 1. The normalized spacial score (nSPS) is 19.4. The molecule has 164 valence electrons. The molecule has 1 aliphatic heterocycles. The van der Waals surface area contributed by atoms with Gasteiger partial charge in [-0.3, -0.25) is 4.79 Å². The number of likely N-dealkylation sites (tertiary alicyclic amines) is 1. The Morgan fingerprint density at radius 3 is 2.67 bits per heavy atom. The van der Waals surface area contributed by atoms with Gasteiger partial charge in [-0.25, -0.2) is 4.98 Å². The summed E-state index contributed by atoms with van der Waals surface area (Å²) in [6.45, 7) is 10.5. The van der Waals surface area contributed by atoms with Crippen molar-refractivity contribution < 1.29 is 9.90 Å². The molecule has 2 heterocycles. The highest BCUT2D eigenvalue weighted by atomic mass is 32.1. The Hall–Kier alpha value is -1.76. The lowest BCUT2D eigenvalue weighted by molar-refractivity contribution is -0.134.